The number of guanidine groups is 1. The summed E-state index contributed by atoms with van der Waals surface area (Å²) in [6, 6.07) is 12.2. The monoisotopic (exact) mass is 396 g/mol. The average Bonchev–Trinajstić information content (AvgIpc) is 2.77. The summed E-state index contributed by atoms with van der Waals surface area (Å²) in [5, 5.41) is 15.5. The number of piperazine rings is 1. The van der Waals surface area contributed by atoms with Gasteiger partial charge in [-0.15, -0.1) is 0 Å². The van der Waals surface area contributed by atoms with E-state index in [1.165, 1.54) is 12.1 Å². The van der Waals surface area contributed by atoms with Crippen molar-refractivity contribution in [3.63, 3.8) is 0 Å². The largest absolute Gasteiger partial charge is 0.508 e. The fourth-order valence-corrected chi connectivity index (χ4v) is 3.16. The van der Waals surface area contributed by atoms with E-state index >= 15 is 0 Å². The minimum Gasteiger partial charge on any atom is -0.508 e. The molecular formula is C21H28N6O2. The van der Waals surface area contributed by atoms with Gasteiger partial charge < -0.3 is 25.5 Å². The highest BCUT2D eigenvalue weighted by atomic mass is 16.3. The number of anilines is 1. The number of carbonyl (C=O) groups excluding carboxylic acids is 1. The lowest BCUT2D eigenvalue weighted by Crippen LogP contribution is -2.52. The van der Waals surface area contributed by atoms with Gasteiger partial charge >= 0.3 is 0 Å². The van der Waals surface area contributed by atoms with Gasteiger partial charge in [0.2, 0.25) is 0 Å². The van der Waals surface area contributed by atoms with Gasteiger partial charge in [-0.2, -0.15) is 0 Å². The number of nitrogens with one attached hydrogen (secondary N) is 2. The molecule has 154 valence electrons. The van der Waals surface area contributed by atoms with Gasteiger partial charge in [0, 0.05) is 51.0 Å². The van der Waals surface area contributed by atoms with Crippen molar-refractivity contribution in [1.29, 1.82) is 0 Å². The van der Waals surface area contributed by atoms with Crippen LogP contribution in [0.25, 0.3) is 0 Å². The summed E-state index contributed by atoms with van der Waals surface area (Å²) in [6.07, 6.45) is 1.82. The number of aliphatic imine (C=N–C) groups is 1. The maximum absolute atomic E-state index is 12.1. The van der Waals surface area contributed by atoms with Crippen LogP contribution < -0.4 is 15.5 Å². The van der Waals surface area contributed by atoms with E-state index in [1.807, 2.05) is 31.3 Å². The molecule has 0 bridgehead atoms. The summed E-state index contributed by atoms with van der Waals surface area (Å²) in [6.45, 7) is 7.28. The molecule has 2 aromatic rings. The molecule has 1 aliphatic heterocycles. The Morgan fingerprint density at radius 2 is 1.86 bits per heavy atom. The van der Waals surface area contributed by atoms with E-state index in [2.05, 4.69) is 30.4 Å². The summed E-state index contributed by atoms with van der Waals surface area (Å²) in [5.41, 5.74) is 0.518. The quantitative estimate of drug-likeness (QED) is 0.387. The van der Waals surface area contributed by atoms with Crippen molar-refractivity contribution in [3.05, 3.63) is 54.2 Å². The van der Waals surface area contributed by atoms with Gasteiger partial charge in [0.1, 0.15) is 11.6 Å². The lowest BCUT2D eigenvalue weighted by atomic mass is 10.2. The molecule has 0 atom stereocenters. The molecule has 3 N–H and O–H groups in total. The van der Waals surface area contributed by atoms with Gasteiger partial charge in [-0.3, -0.25) is 9.79 Å². The lowest BCUT2D eigenvalue weighted by molar-refractivity contribution is 0.0955. The van der Waals surface area contributed by atoms with Crippen LogP contribution in [0.4, 0.5) is 5.82 Å². The molecule has 1 amide bonds. The Bertz CT molecular complexity index is 802. The molecular weight excluding hydrogens is 368 g/mol. The van der Waals surface area contributed by atoms with Crippen molar-refractivity contribution in [2.24, 2.45) is 4.99 Å². The maximum Gasteiger partial charge on any atom is 0.251 e. The van der Waals surface area contributed by atoms with Gasteiger partial charge in [0.25, 0.3) is 5.91 Å². The van der Waals surface area contributed by atoms with Crippen LogP contribution in [0.15, 0.2) is 53.7 Å². The summed E-state index contributed by atoms with van der Waals surface area (Å²) < 4.78 is 0. The molecule has 29 heavy (non-hydrogen) atoms. The molecule has 1 saturated heterocycles. The van der Waals surface area contributed by atoms with E-state index in [0.29, 0.717) is 18.7 Å². The number of phenols is 1. The topological polar surface area (TPSA) is 93.1 Å². The molecule has 0 saturated carbocycles. The minimum absolute atomic E-state index is 0.143. The van der Waals surface area contributed by atoms with Crippen LogP contribution in [0.2, 0.25) is 0 Å². The Hall–Kier alpha value is -3.29. The molecule has 8 heteroatoms. The van der Waals surface area contributed by atoms with Crippen LogP contribution in [-0.4, -0.2) is 72.7 Å². The van der Waals surface area contributed by atoms with Crippen molar-refractivity contribution < 1.29 is 9.90 Å². The number of hydrogen-bond donors (Lipinski definition) is 3. The molecule has 0 radical (unpaired) electrons. The van der Waals surface area contributed by atoms with Crippen LogP contribution in [0, 0.1) is 0 Å². The predicted octanol–water partition coefficient (Wildman–Crippen LogP) is 1.30. The van der Waals surface area contributed by atoms with Crippen LogP contribution in [-0.2, 0) is 0 Å². The Morgan fingerprint density at radius 3 is 2.52 bits per heavy atom. The molecule has 0 aliphatic carbocycles. The van der Waals surface area contributed by atoms with Crippen LogP contribution in [0.3, 0.4) is 0 Å². The highest BCUT2D eigenvalue weighted by Gasteiger charge is 2.20. The van der Waals surface area contributed by atoms with Crippen molar-refractivity contribution in [3.8, 4) is 5.75 Å². The second kappa shape index (κ2) is 10.3. The summed E-state index contributed by atoms with van der Waals surface area (Å²) >= 11 is 0. The van der Waals surface area contributed by atoms with Crippen LogP contribution >= 0.6 is 0 Å². The first-order valence-electron chi connectivity index (χ1n) is 9.94. The fraction of sp³-hybridized carbons (Fsp3) is 0.381. The molecule has 0 unspecified atom stereocenters. The smallest absolute Gasteiger partial charge is 0.251 e. The van der Waals surface area contributed by atoms with E-state index in [9.17, 15) is 9.90 Å². The van der Waals surface area contributed by atoms with Gasteiger partial charge in [-0.05, 0) is 43.3 Å². The number of hydrogen-bond acceptors (Lipinski definition) is 5. The Balaban J connectivity index is 1.48. The Kier molecular flexibility index (Phi) is 7.27. The first-order valence-corrected chi connectivity index (χ1v) is 9.94. The number of aromatic nitrogens is 1. The van der Waals surface area contributed by atoms with Gasteiger partial charge in [0.05, 0.1) is 6.54 Å². The van der Waals surface area contributed by atoms with E-state index in [4.69, 9.17) is 0 Å². The van der Waals surface area contributed by atoms with E-state index in [0.717, 1.165) is 44.5 Å². The second-order valence-electron chi connectivity index (χ2n) is 6.70. The number of rotatable bonds is 6. The third-order valence-corrected chi connectivity index (χ3v) is 4.68. The SMILES string of the molecule is CCNC(=NCCNC(=O)c1ccc(O)cc1)N1CCN(c2ccccn2)CC1. The van der Waals surface area contributed by atoms with Gasteiger partial charge in [-0.25, -0.2) is 4.98 Å². The minimum atomic E-state index is -0.172. The van der Waals surface area contributed by atoms with Crippen molar-refractivity contribution in [2.45, 2.75) is 6.92 Å². The number of carbonyl (C=O) groups is 1. The highest BCUT2D eigenvalue weighted by molar-refractivity contribution is 5.94. The molecule has 1 aromatic carbocycles. The maximum atomic E-state index is 12.1. The zero-order valence-electron chi connectivity index (χ0n) is 16.7. The van der Waals surface area contributed by atoms with E-state index < -0.39 is 0 Å². The number of benzene rings is 1. The first kappa shape index (κ1) is 20.4. The second-order valence-corrected chi connectivity index (χ2v) is 6.70. The van der Waals surface area contributed by atoms with Crippen molar-refractivity contribution in [2.75, 3.05) is 50.7 Å². The molecule has 1 aromatic heterocycles. The summed E-state index contributed by atoms with van der Waals surface area (Å²) in [4.78, 5) is 25.7. The molecule has 1 fully saturated rings. The molecule has 8 nitrogen and oxygen atoms in total. The van der Waals surface area contributed by atoms with Crippen LogP contribution in [0.5, 0.6) is 5.75 Å². The molecule has 2 heterocycles. The Morgan fingerprint density at radius 1 is 1.10 bits per heavy atom. The summed E-state index contributed by atoms with van der Waals surface area (Å²) in [5.74, 6) is 1.84. The number of pyridine rings is 1. The number of aromatic hydroxyl groups is 1. The molecule has 1 aliphatic rings. The normalized spacial score (nSPS) is 14.6. The number of nitrogens with zero attached hydrogens (tertiary/aromatic N) is 4. The zero-order chi connectivity index (χ0) is 20.5. The van der Waals surface area contributed by atoms with E-state index in [-0.39, 0.29) is 11.7 Å². The number of phenolic OH excluding ortho intramolecular Hbond substituents is 1. The van der Waals surface area contributed by atoms with Gasteiger partial charge in [-0.1, -0.05) is 6.07 Å². The standard InChI is InChI=1S/C21H28N6O2/c1-2-22-21(25-12-11-24-20(29)17-6-8-18(28)9-7-17)27-15-13-26(14-16-27)19-5-3-4-10-23-19/h3-10,28H,2,11-16H2,1H3,(H,22,25)(H,24,29). The lowest BCUT2D eigenvalue weighted by Gasteiger charge is -2.37. The third kappa shape index (κ3) is 5.84. The van der Waals surface area contributed by atoms with Gasteiger partial charge in [0.15, 0.2) is 5.96 Å². The summed E-state index contributed by atoms with van der Waals surface area (Å²) in [7, 11) is 0. The Labute approximate surface area is 171 Å². The van der Waals surface area contributed by atoms with Crippen LogP contribution in [0.1, 0.15) is 17.3 Å². The third-order valence-electron chi connectivity index (χ3n) is 4.68. The van der Waals surface area contributed by atoms with E-state index in [1.54, 1.807) is 12.1 Å². The zero-order valence-corrected chi connectivity index (χ0v) is 16.7. The fourth-order valence-electron chi connectivity index (χ4n) is 3.16. The first-order chi connectivity index (χ1) is 14.2. The highest BCUT2D eigenvalue weighted by Crippen LogP contribution is 2.12. The van der Waals surface area contributed by atoms with Crippen molar-refractivity contribution >= 4 is 17.7 Å². The predicted molar refractivity (Wildman–Crippen MR) is 114 cm³/mol. The number of amides is 1. The van der Waals surface area contributed by atoms with Crippen molar-refractivity contribution in [1.82, 2.24) is 20.5 Å². The molecule has 0 spiro atoms. The average molecular weight is 396 g/mol. The molecule has 3 rings (SSSR count).